The first-order valence-electron chi connectivity index (χ1n) is 9.03. The third kappa shape index (κ3) is 4.86. The predicted octanol–water partition coefficient (Wildman–Crippen LogP) is 2.14. The zero-order chi connectivity index (χ0) is 23.1. The normalized spacial score (nSPS) is 12.7. The quantitative estimate of drug-likeness (QED) is 0.520. The van der Waals surface area contributed by atoms with Gasteiger partial charge in [0.15, 0.2) is 5.03 Å². The Kier molecular flexibility index (Phi) is 6.66. The number of nitrogens with two attached hydrogens (primary N) is 1. The Morgan fingerprint density at radius 2 is 1.84 bits per heavy atom. The van der Waals surface area contributed by atoms with Crippen molar-refractivity contribution in [2.24, 2.45) is 5.73 Å². The number of nitrogens with zero attached hydrogens (tertiary/aromatic N) is 4. The van der Waals surface area contributed by atoms with E-state index < -0.39 is 19.9 Å². The van der Waals surface area contributed by atoms with Gasteiger partial charge in [0, 0.05) is 48.2 Å². The molecule has 13 heteroatoms. The van der Waals surface area contributed by atoms with Gasteiger partial charge in [-0.25, -0.2) is 21.8 Å². The smallest absolute Gasteiger partial charge is 0.261 e. The summed E-state index contributed by atoms with van der Waals surface area (Å²) in [5, 5.41) is 0.542. The summed E-state index contributed by atoms with van der Waals surface area (Å²) in [5.41, 5.74) is 8.35. The van der Waals surface area contributed by atoms with E-state index in [4.69, 9.17) is 28.9 Å². The molecule has 1 aromatic carbocycles. The molecule has 0 aliphatic heterocycles. The molecule has 0 fully saturated rings. The lowest BCUT2D eigenvalue weighted by molar-refractivity contribution is 0.482. The van der Waals surface area contributed by atoms with Gasteiger partial charge in [0.1, 0.15) is 9.84 Å². The van der Waals surface area contributed by atoms with Gasteiger partial charge >= 0.3 is 0 Å². The molecule has 0 amide bonds. The van der Waals surface area contributed by atoms with Crippen molar-refractivity contribution in [3.8, 4) is 11.3 Å². The number of rotatable bonds is 7. The molecule has 0 unspecified atom stereocenters. The minimum atomic E-state index is -4.06. The Bertz CT molecular complexity index is 1370. The molecule has 0 aliphatic carbocycles. The topological polar surface area (TPSA) is 128 Å². The van der Waals surface area contributed by atoms with Crippen LogP contribution in [0.3, 0.4) is 0 Å². The van der Waals surface area contributed by atoms with Crippen LogP contribution in [0.2, 0.25) is 10.0 Å². The van der Waals surface area contributed by atoms with Crippen molar-refractivity contribution in [1.29, 1.82) is 0 Å². The van der Waals surface area contributed by atoms with E-state index in [2.05, 4.69) is 9.97 Å². The van der Waals surface area contributed by atoms with Crippen molar-refractivity contribution >= 4 is 48.8 Å². The zero-order valence-corrected chi connectivity index (χ0v) is 20.1. The van der Waals surface area contributed by atoms with Gasteiger partial charge in [-0.1, -0.05) is 23.2 Å². The van der Waals surface area contributed by atoms with Crippen LogP contribution in [0.4, 0.5) is 0 Å². The minimum absolute atomic E-state index is 0.136. The van der Waals surface area contributed by atoms with Crippen LogP contribution in [0.5, 0.6) is 0 Å². The second-order valence-corrected chi connectivity index (χ2v) is 12.2. The number of hydrogen-bond donors (Lipinski definition) is 1. The van der Waals surface area contributed by atoms with E-state index in [-0.39, 0.29) is 29.6 Å². The van der Waals surface area contributed by atoms with Gasteiger partial charge in [0.2, 0.25) is 5.78 Å². The fraction of sp³-hybridized carbons (Fsp3) is 0.333. The molecule has 0 atom stereocenters. The summed E-state index contributed by atoms with van der Waals surface area (Å²) >= 11 is 12.4. The highest BCUT2D eigenvalue weighted by Gasteiger charge is 2.27. The van der Waals surface area contributed by atoms with Gasteiger partial charge in [-0.15, -0.1) is 0 Å². The van der Waals surface area contributed by atoms with Crippen molar-refractivity contribution < 1.29 is 16.8 Å². The van der Waals surface area contributed by atoms with Crippen LogP contribution in [0.15, 0.2) is 29.4 Å². The standard InChI is InChI=1S/C18H21Cl2N5O4S2/c1-11-14(9-21)17(13-5-4-12(19)8-15(13)20)25-10-16(23-18(25)22-11)31(28,29)24(2)6-7-30(3,26)27/h4-5,8,10H,6-7,9,21H2,1-3H3. The van der Waals surface area contributed by atoms with Crippen LogP contribution in [0.25, 0.3) is 17.0 Å². The summed E-state index contributed by atoms with van der Waals surface area (Å²) < 4.78 is 51.3. The van der Waals surface area contributed by atoms with Crippen LogP contribution >= 0.6 is 23.2 Å². The molecule has 31 heavy (non-hydrogen) atoms. The first-order valence-corrected chi connectivity index (χ1v) is 13.3. The van der Waals surface area contributed by atoms with E-state index in [1.54, 1.807) is 25.1 Å². The predicted molar refractivity (Wildman–Crippen MR) is 121 cm³/mol. The van der Waals surface area contributed by atoms with E-state index in [9.17, 15) is 16.8 Å². The molecule has 0 saturated heterocycles. The molecule has 0 spiro atoms. The maximum absolute atomic E-state index is 13.0. The van der Waals surface area contributed by atoms with Crippen molar-refractivity contribution in [3.05, 3.63) is 45.7 Å². The maximum atomic E-state index is 13.0. The van der Waals surface area contributed by atoms with E-state index in [1.807, 2.05) is 0 Å². The highest BCUT2D eigenvalue weighted by molar-refractivity contribution is 7.91. The lowest BCUT2D eigenvalue weighted by Gasteiger charge is -2.15. The van der Waals surface area contributed by atoms with Crippen LogP contribution < -0.4 is 5.73 Å². The molecule has 0 radical (unpaired) electrons. The first kappa shape index (κ1) is 23.9. The number of hydrogen-bond acceptors (Lipinski definition) is 7. The summed E-state index contributed by atoms with van der Waals surface area (Å²) in [6, 6.07) is 4.95. The SMILES string of the molecule is Cc1nc2nc(S(=O)(=O)N(C)CCS(C)(=O)=O)cn2c(-c2ccc(Cl)cc2Cl)c1CN. The Morgan fingerprint density at radius 3 is 2.42 bits per heavy atom. The highest BCUT2D eigenvalue weighted by atomic mass is 35.5. The number of sulfonamides is 1. The molecule has 0 saturated carbocycles. The average molecular weight is 506 g/mol. The van der Waals surface area contributed by atoms with Gasteiger partial charge in [-0.2, -0.15) is 9.29 Å². The van der Waals surface area contributed by atoms with Gasteiger partial charge in [-0.3, -0.25) is 4.40 Å². The summed E-state index contributed by atoms with van der Waals surface area (Å²) in [5.74, 6) is -0.165. The molecule has 2 N–H and O–H groups in total. The van der Waals surface area contributed by atoms with Gasteiger partial charge in [0.05, 0.1) is 22.7 Å². The van der Waals surface area contributed by atoms with Crippen molar-refractivity contribution in [2.75, 3.05) is 25.6 Å². The molecule has 2 aromatic heterocycles. The molecule has 0 aliphatic rings. The number of aromatic nitrogens is 3. The van der Waals surface area contributed by atoms with Crippen molar-refractivity contribution in [3.63, 3.8) is 0 Å². The van der Waals surface area contributed by atoms with E-state index >= 15 is 0 Å². The molecule has 3 aromatic rings. The third-order valence-electron chi connectivity index (χ3n) is 4.74. The monoisotopic (exact) mass is 505 g/mol. The van der Waals surface area contributed by atoms with Crippen LogP contribution in [0, 0.1) is 6.92 Å². The fourth-order valence-electron chi connectivity index (χ4n) is 3.04. The van der Waals surface area contributed by atoms with Gasteiger partial charge in [0.25, 0.3) is 10.0 Å². The lowest BCUT2D eigenvalue weighted by Crippen LogP contribution is -2.31. The molecule has 2 heterocycles. The number of aryl methyl sites for hydroxylation is 1. The Labute approximate surface area is 190 Å². The number of benzene rings is 1. The summed E-state index contributed by atoms with van der Waals surface area (Å²) in [7, 11) is -6.10. The lowest BCUT2D eigenvalue weighted by atomic mass is 10.0. The van der Waals surface area contributed by atoms with E-state index in [1.165, 1.54) is 17.6 Å². The highest BCUT2D eigenvalue weighted by Crippen LogP contribution is 2.34. The van der Waals surface area contributed by atoms with E-state index in [0.717, 1.165) is 10.6 Å². The minimum Gasteiger partial charge on any atom is -0.326 e. The molecular weight excluding hydrogens is 485 g/mol. The fourth-order valence-corrected chi connectivity index (χ4v) is 5.35. The van der Waals surface area contributed by atoms with Crippen LogP contribution in [-0.2, 0) is 26.4 Å². The number of sulfone groups is 1. The summed E-state index contributed by atoms with van der Waals surface area (Å²) in [6.07, 6.45) is 2.37. The third-order valence-corrected chi connectivity index (χ3v) is 7.94. The Morgan fingerprint density at radius 1 is 1.16 bits per heavy atom. The Balaban J connectivity index is 2.20. The van der Waals surface area contributed by atoms with Gasteiger partial charge < -0.3 is 5.73 Å². The second kappa shape index (κ2) is 8.64. The number of halogens is 2. The van der Waals surface area contributed by atoms with Crippen LogP contribution in [0.1, 0.15) is 11.3 Å². The van der Waals surface area contributed by atoms with Crippen molar-refractivity contribution in [1.82, 2.24) is 18.7 Å². The second-order valence-electron chi connectivity index (χ2n) is 7.06. The van der Waals surface area contributed by atoms with E-state index in [0.29, 0.717) is 32.6 Å². The number of imidazole rings is 1. The zero-order valence-electron chi connectivity index (χ0n) is 17.0. The largest absolute Gasteiger partial charge is 0.326 e. The van der Waals surface area contributed by atoms with Gasteiger partial charge in [-0.05, 0) is 25.1 Å². The summed E-state index contributed by atoms with van der Waals surface area (Å²) in [6.45, 7) is 1.68. The number of fused-ring (bicyclic) bond motifs is 1. The molecule has 9 nitrogen and oxygen atoms in total. The molecule has 168 valence electrons. The molecule has 0 bridgehead atoms. The maximum Gasteiger partial charge on any atom is 0.261 e. The molecule has 3 rings (SSSR count). The Hall–Kier alpha value is -1.76. The first-order chi connectivity index (χ1) is 14.3. The summed E-state index contributed by atoms with van der Waals surface area (Å²) in [4.78, 5) is 8.56. The van der Waals surface area contributed by atoms with Crippen molar-refractivity contribution in [2.45, 2.75) is 18.5 Å². The van der Waals surface area contributed by atoms with Crippen LogP contribution in [-0.4, -0.2) is 61.1 Å². The molecular formula is C18H21Cl2N5O4S2. The average Bonchev–Trinajstić information content (AvgIpc) is 3.09.